The summed E-state index contributed by atoms with van der Waals surface area (Å²) in [6.45, 7) is 27.1. The third kappa shape index (κ3) is 6.60. The van der Waals surface area contributed by atoms with E-state index in [9.17, 15) is 24.6 Å². The molecule has 0 aromatic rings. The first-order chi connectivity index (χ1) is 24.2. The van der Waals surface area contributed by atoms with Crippen LogP contribution in [0.25, 0.3) is 0 Å². The Bertz CT molecular complexity index is 1400. The Balaban J connectivity index is 1.21. The molecule has 1 amide bonds. The normalized spacial score (nSPS) is 41.6. The van der Waals surface area contributed by atoms with Gasteiger partial charge < -0.3 is 19.8 Å². The van der Waals surface area contributed by atoms with E-state index in [2.05, 4.69) is 57.9 Å². The molecule has 294 valence electrons. The minimum Gasteiger partial charge on any atom is -0.481 e. The van der Waals surface area contributed by atoms with Crippen molar-refractivity contribution < 1.29 is 29.3 Å². The van der Waals surface area contributed by atoms with Crippen molar-refractivity contribution in [1.29, 1.82) is 0 Å². The van der Waals surface area contributed by atoms with Crippen LogP contribution in [0.15, 0.2) is 12.2 Å². The first-order valence-electron chi connectivity index (χ1n) is 20.9. The summed E-state index contributed by atoms with van der Waals surface area (Å²) in [5.74, 6) is 1.81. The van der Waals surface area contributed by atoms with E-state index < -0.39 is 11.4 Å². The largest absolute Gasteiger partial charge is 0.481 e. The van der Waals surface area contributed by atoms with Gasteiger partial charge in [-0.2, -0.15) is 0 Å². The number of carboxylic acids is 1. The third-order valence-electron chi connectivity index (χ3n) is 17.3. The molecule has 8 heteroatoms. The number of β-amino-alcohol motifs (C(OH)–C–C–N with tert-alkyl or cyclic N) is 1. The minimum atomic E-state index is -0.884. The molecule has 10 atom stereocenters. The molecule has 5 saturated carbocycles. The van der Waals surface area contributed by atoms with E-state index in [1.54, 1.807) is 0 Å². The van der Waals surface area contributed by atoms with Gasteiger partial charge in [0.15, 0.2) is 0 Å². The first kappa shape index (κ1) is 39.8. The van der Waals surface area contributed by atoms with Crippen molar-refractivity contribution in [1.82, 2.24) is 9.80 Å². The molecule has 0 bridgehead atoms. The summed E-state index contributed by atoms with van der Waals surface area (Å²) in [5.41, 5.74) is 1.11. The van der Waals surface area contributed by atoms with E-state index in [1.165, 1.54) is 31.3 Å². The van der Waals surface area contributed by atoms with E-state index in [4.69, 9.17) is 4.74 Å². The van der Waals surface area contributed by atoms with Gasteiger partial charge in [0.05, 0.1) is 19.4 Å². The first-order valence-corrected chi connectivity index (χ1v) is 20.9. The lowest BCUT2D eigenvalue weighted by atomic mass is 9.32. The van der Waals surface area contributed by atoms with Gasteiger partial charge in [-0.3, -0.25) is 19.3 Å². The molecule has 6 fully saturated rings. The standard InChI is InChI=1S/C44H72N2O6/c1-29(2)30-12-17-44(26-35(48)46-22-20-45(21-23-46)24-25-47)19-18-42(8)31(38(30)44)10-11-33-41(7)15-14-34(40(5,6)32(41)13-16-43(33,42)9)52-37(51)28-39(3,4)27-36(49)50/h30-34,38,47H,1,10-28H2,2-9H3,(H,49,50)/t30-,31+,32-,33+,34-,38+,41-,42+,43+,44+/m0/s1. The molecule has 6 aliphatic rings. The van der Waals surface area contributed by atoms with Gasteiger partial charge in [-0.1, -0.05) is 60.6 Å². The maximum atomic E-state index is 14.1. The van der Waals surface area contributed by atoms with Crippen LogP contribution in [0, 0.1) is 62.1 Å². The van der Waals surface area contributed by atoms with Gasteiger partial charge in [0.1, 0.15) is 6.10 Å². The summed E-state index contributed by atoms with van der Waals surface area (Å²) in [5, 5.41) is 18.8. The highest BCUT2D eigenvalue weighted by Gasteiger charge is 2.71. The van der Waals surface area contributed by atoms with E-state index >= 15 is 0 Å². The molecule has 0 aromatic heterocycles. The number of piperazine rings is 1. The van der Waals surface area contributed by atoms with Crippen LogP contribution < -0.4 is 0 Å². The van der Waals surface area contributed by atoms with Crippen molar-refractivity contribution in [3.05, 3.63) is 12.2 Å². The lowest BCUT2D eigenvalue weighted by Crippen LogP contribution is -2.67. The minimum absolute atomic E-state index is 0.0499. The number of esters is 1. The Kier molecular flexibility index (Phi) is 10.7. The number of hydrogen-bond donors (Lipinski definition) is 2. The Morgan fingerprint density at radius 2 is 1.52 bits per heavy atom. The summed E-state index contributed by atoms with van der Waals surface area (Å²) in [6, 6.07) is 0. The van der Waals surface area contributed by atoms with Crippen LogP contribution in [-0.4, -0.2) is 83.3 Å². The molecule has 1 saturated heterocycles. The number of nitrogens with zero attached hydrogens (tertiary/aromatic N) is 2. The Morgan fingerprint density at radius 3 is 2.15 bits per heavy atom. The fraction of sp³-hybridized carbons (Fsp3) is 0.886. The lowest BCUT2D eigenvalue weighted by Gasteiger charge is -2.73. The van der Waals surface area contributed by atoms with Gasteiger partial charge in [0.2, 0.25) is 5.91 Å². The summed E-state index contributed by atoms with van der Waals surface area (Å²) >= 11 is 0. The van der Waals surface area contributed by atoms with Gasteiger partial charge in [-0.15, -0.1) is 0 Å². The third-order valence-corrected chi connectivity index (χ3v) is 17.3. The van der Waals surface area contributed by atoms with Crippen LogP contribution in [0.5, 0.6) is 0 Å². The summed E-state index contributed by atoms with van der Waals surface area (Å²) < 4.78 is 6.29. The maximum Gasteiger partial charge on any atom is 0.306 e. The van der Waals surface area contributed by atoms with Gasteiger partial charge in [-0.25, -0.2) is 0 Å². The number of rotatable bonds is 10. The van der Waals surface area contributed by atoms with Gasteiger partial charge >= 0.3 is 11.9 Å². The SMILES string of the molecule is C=C(C)[C@@H]1CC[C@]2(CC(=O)N3CCN(CCO)CC3)CC[C@]3(C)[C@H](CC[C@@H]4[C@@]5(C)CC[C@H](OC(=O)CC(C)(C)CC(=O)O)C(C)(C)[C@@H]5CC[C@]43C)[C@@H]12. The number of carbonyl (C=O) groups excluding carboxylic acids is 2. The quantitative estimate of drug-likeness (QED) is 0.174. The Morgan fingerprint density at radius 1 is 0.827 bits per heavy atom. The second-order valence-electron chi connectivity index (χ2n) is 20.9. The number of aliphatic hydroxyl groups excluding tert-OH is 1. The second-order valence-corrected chi connectivity index (χ2v) is 20.9. The van der Waals surface area contributed by atoms with E-state index in [-0.39, 0.29) is 58.6 Å². The van der Waals surface area contributed by atoms with Crippen LogP contribution in [0.4, 0.5) is 0 Å². The predicted molar refractivity (Wildman–Crippen MR) is 204 cm³/mol. The van der Waals surface area contributed by atoms with Crippen molar-refractivity contribution in [2.75, 3.05) is 39.3 Å². The fourth-order valence-corrected chi connectivity index (χ4v) is 14.6. The van der Waals surface area contributed by atoms with Gasteiger partial charge in [-0.05, 0) is 128 Å². The Labute approximate surface area is 314 Å². The number of carboxylic acid groups (broad SMARTS) is 1. The smallest absolute Gasteiger partial charge is 0.306 e. The lowest BCUT2D eigenvalue weighted by molar-refractivity contribution is -0.250. The van der Waals surface area contributed by atoms with Crippen molar-refractivity contribution in [3.63, 3.8) is 0 Å². The second kappa shape index (κ2) is 14.0. The number of aliphatic carboxylic acids is 1. The zero-order chi connectivity index (χ0) is 38.1. The zero-order valence-corrected chi connectivity index (χ0v) is 34.0. The molecular formula is C44H72N2O6. The molecule has 2 N–H and O–H groups in total. The van der Waals surface area contributed by atoms with Crippen molar-refractivity contribution >= 4 is 17.8 Å². The molecule has 5 aliphatic carbocycles. The van der Waals surface area contributed by atoms with Gasteiger partial charge in [0.25, 0.3) is 0 Å². The fourth-order valence-electron chi connectivity index (χ4n) is 14.6. The number of allylic oxidation sites excluding steroid dienone is 1. The highest BCUT2D eigenvalue weighted by Crippen LogP contribution is 2.78. The van der Waals surface area contributed by atoms with Crippen molar-refractivity contribution in [2.45, 2.75) is 145 Å². The maximum absolute atomic E-state index is 14.1. The summed E-state index contributed by atoms with van der Waals surface area (Å²) in [7, 11) is 0. The molecule has 1 heterocycles. The molecule has 0 unspecified atom stereocenters. The van der Waals surface area contributed by atoms with Crippen LogP contribution in [0.2, 0.25) is 0 Å². The number of aliphatic hydroxyl groups is 1. The molecule has 0 aromatic carbocycles. The molecule has 52 heavy (non-hydrogen) atoms. The van der Waals surface area contributed by atoms with Crippen LogP contribution >= 0.6 is 0 Å². The van der Waals surface area contributed by atoms with E-state index in [0.717, 1.165) is 64.7 Å². The number of carbonyl (C=O) groups is 3. The van der Waals surface area contributed by atoms with Crippen LogP contribution in [0.1, 0.15) is 139 Å². The van der Waals surface area contributed by atoms with Crippen molar-refractivity contribution in [3.8, 4) is 0 Å². The Hall–Kier alpha value is -1.93. The predicted octanol–water partition coefficient (Wildman–Crippen LogP) is 7.97. The highest BCUT2D eigenvalue weighted by atomic mass is 16.5. The molecule has 1 aliphatic heterocycles. The molecule has 0 spiro atoms. The highest BCUT2D eigenvalue weighted by molar-refractivity contribution is 5.77. The molecular weight excluding hydrogens is 652 g/mol. The van der Waals surface area contributed by atoms with Crippen molar-refractivity contribution in [2.24, 2.45) is 62.1 Å². The average Bonchev–Trinajstić information content (AvgIpc) is 3.42. The number of amides is 1. The number of ether oxygens (including phenoxy) is 1. The summed E-state index contributed by atoms with van der Waals surface area (Å²) in [4.78, 5) is 43.2. The van der Waals surface area contributed by atoms with E-state index in [0.29, 0.717) is 48.5 Å². The molecule has 0 radical (unpaired) electrons. The monoisotopic (exact) mass is 725 g/mol. The molecule has 6 rings (SSSR count). The topological polar surface area (TPSA) is 107 Å². The van der Waals surface area contributed by atoms with E-state index in [1.807, 2.05) is 13.8 Å². The molecule has 8 nitrogen and oxygen atoms in total. The van der Waals surface area contributed by atoms with Gasteiger partial charge in [0, 0.05) is 44.6 Å². The summed E-state index contributed by atoms with van der Waals surface area (Å²) in [6.07, 6.45) is 11.9. The number of fused-ring (bicyclic) bond motifs is 7. The van der Waals surface area contributed by atoms with Crippen LogP contribution in [0.3, 0.4) is 0 Å². The zero-order valence-electron chi connectivity index (χ0n) is 34.0. The average molecular weight is 725 g/mol. The van der Waals surface area contributed by atoms with Crippen LogP contribution in [-0.2, 0) is 19.1 Å². The number of hydrogen-bond acceptors (Lipinski definition) is 6.